The zero-order valence-corrected chi connectivity index (χ0v) is 15.8. The van der Waals surface area contributed by atoms with Crippen LogP contribution in [0.5, 0.6) is 11.5 Å². The molecule has 0 saturated heterocycles. The van der Waals surface area contributed by atoms with Crippen LogP contribution in [0.25, 0.3) is 16.9 Å². The van der Waals surface area contributed by atoms with Crippen LogP contribution in [0.2, 0.25) is 5.02 Å². The van der Waals surface area contributed by atoms with Gasteiger partial charge >= 0.3 is 5.97 Å². The van der Waals surface area contributed by atoms with Gasteiger partial charge < -0.3 is 14.2 Å². The third-order valence-corrected chi connectivity index (χ3v) is 4.99. The summed E-state index contributed by atoms with van der Waals surface area (Å²) in [5, 5.41) is 5.05. The molecule has 0 unspecified atom stereocenters. The average Bonchev–Trinajstić information content (AvgIpc) is 3.23. The van der Waals surface area contributed by atoms with Crippen LogP contribution in [0, 0.1) is 0 Å². The number of esters is 1. The Morgan fingerprint density at radius 2 is 1.81 bits per heavy atom. The van der Waals surface area contributed by atoms with E-state index in [1.165, 1.54) is 7.11 Å². The van der Waals surface area contributed by atoms with Crippen molar-refractivity contribution in [1.82, 2.24) is 9.78 Å². The van der Waals surface area contributed by atoms with Crippen molar-refractivity contribution in [1.29, 1.82) is 0 Å². The molecule has 0 atom stereocenters. The number of carbonyl (C=O) groups is 1. The number of halogens is 1. The fourth-order valence-electron chi connectivity index (χ4n) is 3.43. The maximum Gasteiger partial charge on any atom is 0.358 e. The van der Waals surface area contributed by atoms with Crippen molar-refractivity contribution in [3.05, 3.63) is 58.2 Å². The van der Waals surface area contributed by atoms with Gasteiger partial charge in [0.05, 0.1) is 37.7 Å². The van der Waals surface area contributed by atoms with E-state index in [9.17, 15) is 4.79 Å². The summed E-state index contributed by atoms with van der Waals surface area (Å²) in [7, 11) is 4.53. The van der Waals surface area contributed by atoms with Gasteiger partial charge in [-0.25, -0.2) is 9.48 Å². The molecule has 0 bridgehead atoms. The lowest BCUT2D eigenvalue weighted by Gasteiger charge is -2.12. The first-order valence-corrected chi connectivity index (χ1v) is 8.67. The number of ether oxygens (including phenoxy) is 3. The summed E-state index contributed by atoms with van der Waals surface area (Å²) in [6.07, 6.45) is 0.542. The molecule has 0 N–H and O–H groups in total. The fourth-order valence-corrected chi connectivity index (χ4v) is 3.65. The van der Waals surface area contributed by atoms with Crippen LogP contribution < -0.4 is 9.47 Å². The summed E-state index contributed by atoms with van der Waals surface area (Å²) in [6.45, 7) is 0. The molecule has 7 heteroatoms. The summed E-state index contributed by atoms with van der Waals surface area (Å²) in [5.74, 6) is 0.762. The number of aromatic nitrogens is 2. The number of benzene rings is 2. The molecule has 2 aromatic carbocycles. The standard InChI is InChI=1S/C20H17ClN2O4/c1-25-16-9-11-8-13-18(20(24)27-3)22-23(15-7-5-4-6-14(15)21)19(13)12(11)10-17(16)26-2/h4-7,9-10H,8H2,1-3H3. The quantitative estimate of drug-likeness (QED) is 0.499. The van der Waals surface area contributed by atoms with E-state index in [-0.39, 0.29) is 5.69 Å². The predicted octanol–water partition coefficient (Wildman–Crippen LogP) is 3.90. The van der Waals surface area contributed by atoms with Crippen LogP contribution in [0.15, 0.2) is 36.4 Å². The van der Waals surface area contributed by atoms with Crippen molar-refractivity contribution in [3.8, 4) is 28.4 Å². The Morgan fingerprint density at radius 3 is 2.48 bits per heavy atom. The summed E-state index contributed by atoms with van der Waals surface area (Å²) >= 11 is 6.39. The molecule has 3 aromatic rings. The number of fused-ring (bicyclic) bond motifs is 3. The normalized spacial score (nSPS) is 11.7. The predicted molar refractivity (Wildman–Crippen MR) is 101 cm³/mol. The van der Waals surface area contributed by atoms with Gasteiger partial charge in [0.2, 0.25) is 0 Å². The highest BCUT2D eigenvalue weighted by Gasteiger charge is 2.33. The van der Waals surface area contributed by atoms with Crippen molar-refractivity contribution in [3.63, 3.8) is 0 Å². The smallest absolute Gasteiger partial charge is 0.358 e. The zero-order chi connectivity index (χ0) is 19.1. The van der Waals surface area contributed by atoms with Gasteiger partial charge in [-0.15, -0.1) is 0 Å². The second-order valence-corrected chi connectivity index (χ2v) is 6.48. The Labute approximate surface area is 161 Å². The van der Waals surface area contributed by atoms with Gasteiger partial charge in [0.15, 0.2) is 17.2 Å². The number of methoxy groups -OCH3 is 3. The van der Waals surface area contributed by atoms with E-state index in [0.717, 1.165) is 22.4 Å². The number of para-hydroxylation sites is 1. The van der Waals surface area contributed by atoms with Gasteiger partial charge in [-0.05, 0) is 29.8 Å². The van der Waals surface area contributed by atoms with Gasteiger partial charge in [-0.2, -0.15) is 5.10 Å². The van der Waals surface area contributed by atoms with E-state index in [1.807, 2.05) is 30.3 Å². The molecule has 0 saturated carbocycles. The van der Waals surface area contributed by atoms with Crippen molar-refractivity contribution in [2.75, 3.05) is 21.3 Å². The van der Waals surface area contributed by atoms with Crippen LogP contribution in [-0.2, 0) is 11.2 Å². The molecule has 0 spiro atoms. The maximum atomic E-state index is 12.3. The van der Waals surface area contributed by atoms with E-state index in [2.05, 4.69) is 5.10 Å². The van der Waals surface area contributed by atoms with Crippen LogP contribution in [0.1, 0.15) is 21.6 Å². The SMILES string of the molecule is COC(=O)c1nn(-c2ccccc2Cl)c2c1Cc1cc(OC)c(OC)cc1-2. The highest BCUT2D eigenvalue weighted by Crippen LogP contribution is 2.45. The molecule has 6 nitrogen and oxygen atoms in total. The fraction of sp³-hybridized carbons (Fsp3) is 0.200. The topological polar surface area (TPSA) is 62.6 Å². The van der Waals surface area contributed by atoms with E-state index in [1.54, 1.807) is 25.0 Å². The van der Waals surface area contributed by atoms with Crippen LogP contribution in [0.3, 0.4) is 0 Å². The Kier molecular flexibility index (Phi) is 4.28. The van der Waals surface area contributed by atoms with E-state index in [0.29, 0.717) is 28.6 Å². The van der Waals surface area contributed by atoms with Gasteiger partial charge in [-0.1, -0.05) is 23.7 Å². The first-order valence-electron chi connectivity index (χ1n) is 8.29. The summed E-state index contributed by atoms with van der Waals surface area (Å²) in [6, 6.07) is 11.2. The second kappa shape index (κ2) is 6.63. The number of nitrogens with zero attached hydrogens (tertiary/aromatic N) is 2. The first-order chi connectivity index (χ1) is 13.1. The molecule has 0 fully saturated rings. The van der Waals surface area contributed by atoms with E-state index in [4.69, 9.17) is 25.8 Å². The Bertz CT molecular complexity index is 1060. The largest absolute Gasteiger partial charge is 0.493 e. The second-order valence-electron chi connectivity index (χ2n) is 6.07. The summed E-state index contributed by atoms with van der Waals surface area (Å²) < 4.78 is 17.5. The van der Waals surface area contributed by atoms with Crippen molar-refractivity contribution < 1.29 is 19.0 Å². The molecular formula is C20H17ClN2O4. The number of hydrogen-bond acceptors (Lipinski definition) is 5. The Hall–Kier alpha value is -2.99. The highest BCUT2D eigenvalue weighted by atomic mass is 35.5. The van der Waals surface area contributed by atoms with Gasteiger partial charge in [0, 0.05) is 17.5 Å². The lowest BCUT2D eigenvalue weighted by Crippen LogP contribution is -2.07. The summed E-state index contributed by atoms with van der Waals surface area (Å²) in [5.41, 5.74) is 4.51. The minimum absolute atomic E-state index is 0.279. The molecular weight excluding hydrogens is 368 g/mol. The van der Waals surface area contributed by atoms with E-state index < -0.39 is 5.97 Å². The third-order valence-electron chi connectivity index (χ3n) is 4.67. The molecule has 138 valence electrons. The van der Waals surface area contributed by atoms with Crippen molar-refractivity contribution in [2.45, 2.75) is 6.42 Å². The minimum atomic E-state index is -0.483. The molecule has 27 heavy (non-hydrogen) atoms. The molecule has 1 aliphatic carbocycles. The Morgan fingerprint density at radius 1 is 1.11 bits per heavy atom. The van der Waals surface area contributed by atoms with Crippen molar-refractivity contribution >= 4 is 17.6 Å². The molecule has 4 rings (SSSR count). The van der Waals surface area contributed by atoms with Crippen LogP contribution in [-0.4, -0.2) is 37.1 Å². The number of rotatable bonds is 4. The molecule has 1 heterocycles. The first kappa shape index (κ1) is 17.4. The van der Waals surface area contributed by atoms with Crippen LogP contribution >= 0.6 is 11.6 Å². The summed E-state index contributed by atoms with van der Waals surface area (Å²) in [4.78, 5) is 12.3. The van der Waals surface area contributed by atoms with Gasteiger partial charge in [0.25, 0.3) is 0 Å². The molecule has 1 aliphatic rings. The lowest BCUT2D eigenvalue weighted by atomic mass is 10.1. The number of carbonyl (C=O) groups excluding carboxylic acids is 1. The minimum Gasteiger partial charge on any atom is -0.493 e. The lowest BCUT2D eigenvalue weighted by molar-refractivity contribution is 0.0592. The Balaban J connectivity index is 2.01. The highest BCUT2D eigenvalue weighted by molar-refractivity contribution is 6.32. The molecule has 0 radical (unpaired) electrons. The molecule has 0 aliphatic heterocycles. The van der Waals surface area contributed by atoms with Crippen LogP contribution in [0.4, 0.5) is 0 Å². The van der Waals surface area contributed by atoms with E-state index >= 15 is 0 Å². The third kappa shape index (κ3) is 2.64. The zero-order valence-electron chi connectivity index (χ0n) is 15.1. The average molecular weight is 385 g/mol. The monoisotopic (exact) mass is 384 g/mol. The van der Waals surface area contributed by atoms with Crippen molar-refractivity contribution in [2.24, 2.45) is 0 Å². The number of hydrogen-bond donors (Lipinski definition) is 0. The van der Waals surface area contributed by atoms with Gasteiger partial charge in [0.1, 0.15) is 0 Å². The molecule has 0 amide bonds. The molecule has 1 aromatic heterocycles. The maximum absolute atomic E-state index is 12.3. The van der Waals surface area contributed by atoms with Gasteiger partial charge in [-0.3, -0.25) is 0 Å².